The monoisotopic (exact) mass is 844 g/mol. The first-order valence-electron chi connectivity index (χ1n) is 23.0. The Morgan fingerprint density at radius 1 is 0.292 bits per heavy atom. The number of benzene rings is 11. The maximum Gasteiger partial charge on any atom is 0.0433 e. The first-order chi connectivity index (χ1) is 31.7. The van der Waals surface area contributed by atoms with Gasteiger partial charge in [-0.1, -0.05) is 185 Å². The molecular weight excluding hydrogens is 801 g/mol. The highest BCUT2D eigenvalue weighted by Gasteiger charge is 2.38. The molecule has 0 spiro atoms. The van der Waals surface area contributed by atoms with E-state index in [0.717, 1.165) is 0 Å². The SMILES string of the molecule is CC1(C)c2cc(-c3ccc4c(c3)-c3cc5ccc6c7ccccc7sc6c5cc3C4(C)C)ccc2-c2ccc(-c3c4ccccc4c(-c4cccc5ccccc45)c4ccccc34)cc21. The van der Waals surface area contributed by atoms with Gasteiger partial charge in [-0.3, -0.25) is 0 Å². The van der Waals surface area contributed by atoms with Gasteiger partial charge >= 0.3 is 0 Å². The zero-order chi connectivity index (χ0) is 43.3. The van der Waals surface area contributed by atoms with Crippen LogP contribution in [0.15, 0.2) is 194 Å². The second kappa shape index (κ2) is 13.1. The van der Waals surface area contributed by atoms with Crippen LogP contribution in [0.3, 0.4) is 0 Å². The van der Waals surface area contributed by atoms with E-state index in [1.165, 1.54) is 141 Å². The third-order valence-electron chi connectivity index (χ3n) is 15.4. The molecule has 1 aromatic heterocycles. The van der Waals surface area contributed by atoms with Crippen LogP contribution in [0.2, 0.25) is 0 Å². The standard InChI is InChI=1S/C64H44S/c1-63(2)55-31-27-38(32-53(55)54-33-40-25-30-51-45-17-11-12-23-59(45)65-62(51)52(40)36-58(54)63)39-24-28-43-44-29-26-41(35-57(44)64(3,4)56(43)34-39)60-47-18-7-9-20-49(47)61(50-21-10-8-19-48(50)60)46-22-13-15-37-14-5-6-16-42(37)46/h5-36H,1-4H3. The second-order valence-corrected chi connectivity index (χ2v) is 20.6. The van der Waals surface area contributed by atoms with Crippen LogP contribution >= 0.6 is 11.3 Å². The van der Waals surface area contributed by atoms with Gasteiger partial charge < -0.3 is 0 Å². The van der Waals surface area contributed by atoms with E-state index in [4.69, 9.17) is 0 Å². The van der Waals surface area contributed by atoms with Crippen molar-refractivity contribution < 1.29 is 0 Å². The molecule has 1 heterocycles. The van der Waals surface area contributed by atoms with Crippen molar-refractivity contribution in [2.45, 2.75) is 38.5 Å². The molecule has 1 heteroatoms. The van der Waals surface area contributed by atoms with E-state index in [-0.39, 0.29) is 10.8 Å². The van der Waals surface area contributed by atoms with E-state index in [0.29, 0.717) is 0 Å². The van der Waals surface area contributed by atoms with Crippen LogP contribution in [0.5, 0.6) is 0 Å². The Hall–Kier alpha value is -7.32. The summed E-state index contributed by atoms with van der Waals surface area (Å²) in [4.78, 5) is 0. The zero-order valence-electron chi connectivity index (χ0n) is 36.9. The Balaban J connectivity index is 0.878. The lowest BCUT2D eigenvalue weighted by Gasteiger charge is -2.24. The van der Waals surface area contributed by atoms with E-state index in [1.54, 1.807) is 0 Å². The van der Waals surface area contributed by atoms with Crippen LogP contribution in [-0.2, 0) is 10.8 Å². The fourth-order valence-electron chi connectivity index (χ4n) is 12.2. The first-order valence-corrected chi connectivity index (χ1v) is 23.8. The summed E-state index contributed by atoms with van der Waals surface area (Å²) in [6.07, 6.45) is 0. The Kier molecular flexibility index (Phi) is 7.49. The molecule has 306 valence electrons. The molecule has 65 heavy (non-hydrogen) atoms. The van der Waals surface area contributed by atoms with E-state index in [9.17, 15) is 0 Å². The molecule has 14 rings (SSSR count). The minimum absolute atomic E-state index is 0.0948. The molecule has 0 atom stereocenters. The topological polar surface area (TPSA) is 0 Å². The molecule has 0 N–H and O–H groups in total. The third-order valence-corrected chi connectivity index (χ3v) is 16.7. The molecule has 0 saturated carbocycles. The van der Waals surface area contributed by atoms with Gasteiger partial charge in [-0.2, -0.15) is 0 Å². The molecule has 0 nitrogen and oxygen atoms in total. The van der Waals surface area contributed by atoms with Crippen LogP contribution in [0.4, 0.5) is 0 Å². The van der Waals surface area contributed by atoms with Crippen LogP contribution < -0.4 is 0 Å². The summed E-state index contributed by atoms with van der Waals surface area (Å²) in [5, 5.41) is 13.1. The van der Waals surface area contributed by atoms with Gasteiger partial charge in [0.05, 0.1) is 0 Å². The molecule has 0 bridgehead atoms. The summed E-state index contributed by atoms with van der Waals surface area (Å²) in [5.74, 6) is 0. The van der Waals surface area contributed by atoms with Gasteiger partial charge in [-0.15, -0.1) is 11.3 Å². The molecule has 0 aliphatic heterocycles. The van der Waals surface area contributed by atoms with Gasteiger partial charge in [0.25, 0.3) is 0 Å². The molecule has 12 aromatic rings. The van der Waals surface area contributed by atoms with Crippen molar-refractivity contribution in [2.24, 2.45) is 0 Å². The Bertz CT molecular complexity index is 4000. The quantitative estimate of drug-likeness (QED) is 0.155. The average molecular weight is 845 g/mol. The molecule has 0 radical (unpaired) electrons. The lowest BCUT2D eigenvalue weighted by molar-refractivity contribution is 0.660. The predicted octanol–water partition coefficient (Wildman–Crippen LogP) is 18.3. The molecule has 11 aromatic carbocycles. The molecule has 0 saturated heterocycles. The van der Waals surface area contributed by atoms with Crippen molar-refractivity contribution in [3.63, 3.8) is 0 Å². The lowest BCUT2D eigenvalue weighted by atomic mass is 9.79. The summed E-state index contributed by atoms with van der Waals surface area (Å²) in [7, 11) is 0. The Morgan fingerprint density at radius 2 is 0.831 bits per heavy atom. The van der Waals surface area contributed by atoms with E-state index < -0.39 is 0 Å². The van der Waals surface area contributed by atoms with Crippen molar-refractivity contribution in [1.82, 2.24) is 0 Å². The van der Waals surface area contributed by atoms with Crippen LogP contribution in [-0.4, -0.2) is 0 Å². The van der Waals surface area contributed by atoms with E-state index in [2.05, 4.69) is 222 Å². The second-order valence-electron chi connectivity index (χ2n) is 19.6. The smallest absolute Gasteiger partial charge is 0.0433 e. The molecule has 2 aliphatic carbocycles. The van der Waals surface area contributed by atoms with Crippen LogP contribution in [0, 0.1) is 0 Å². The highest BCUT2D eigenvalue weighted by atomic mass is 32.1. The maximum absolute atomic E-state index is 2.51. The van der Waals surface area contributed by atoms with Crippen LogP contribution in [0.1, 0.15) is 49.9 Å². The van der Waals surface area contributed by atoms with Crippen molar-refractivity contribution in [3.8, 4) is 55.6 Å². The van der Waals surface area contributed by atoms with Gasteiger partial charge in [0.2, 0.25) is 0 Å². The average Bonchev–Trinajstić information content (AvgIpc) is 3.91. The summed E-state index contributed by atoms with van der Waals surface area (Å²) >= 11 is 1.93. The predicted molar refractivity (Wildman–Crippen MR) is 281 cm³/mol. The first kappa shape index (κ1) is 37.1. The lowest BCUT2D eigenvalue weighted by Crippen LogP contribution is -2.15. The largest absolute Gasteiger partial charge is 0.135 e. The summed E-state index contributed by atoms with van der Waals surface area (Å²) in [6, 6.07) is 73.8. The highest BCUT2D eigenvalue weighted by molar-refractivity contribution is 7.26. The van der Waals surface area contributed by atoms with Crippen molar-refractivity contribution >= 4 is 74.6 Å². The normalized spacial score (nSPS) is 14.4. The van der Waals surface area contributed by atoms with Crippen molar-refractivity contribution in [3.05, 3.63) is 216 Å². The fraction of sp³-hybridized carbons (Fsp3) is 0.0938. The number of fused-ring (bicyclic) bond motifs is 14. The summed E-state index contributed by atoms with van der Waals surface area (Å²) in [5.41, 5.74) is 18.4. The van der Waals surface area contributed by atoms with Crippen molar-refractivity contribution in [2.75, 3.05) is 0 Å². The van der Waals surface area contributed by atoms with Gasteiger partial charge in [-0.05, 0) is 157 Å². The molecule has 0 amide bonds. The number of hydrogen-bond donors (Lipinski definition) is 0. The summed E-state index contributed by atoms with van der Waals surface area (Å²) in [6.45, 7) is 9.65. The minimum atomic E-state index is -0.187. The third kappa shape index (κ3) is 5.08. The number of rotatable bonds is 3. The minimum Gasteiger partial charge on any atom is -0.135 e. The maximum atomic E-state index is 2.51. The highest BCUT2D eigenvalue weighted by Crippen LogP contribution is 2.55. The van der Waals surface area contributed by atoms with Crippen molar-refractivity contribution in [1.29, 1.82) is 0 Å². The molecule has 0 fully saturated rings. The van der Waals surface area contributed by atoms with E-state index >= 15 is 0 Å². The number of hydrogen-bond acceptors (Lipinski definition) is 1. The molecule has 0 unspecified atom stereocenters. The van der Waals surface area contributed by atoms with Gasteiger partial charge in [0.15, 0.2) is 0 Å². The molecular formula is C64H44S. The zero-order valence-corrected chi connectivity index (χ0v) is 37.7. The Labute approximate surface area is 383 Å². The van der Waals surface area contributed by atoms with Gasteiger partial charge in [0.1, 0.15) is 0 Å². The van der Waals surface area contributed by atoms with Gasteiger partial charge in [-0.25, -0.2) is 0 Å². The Morgan fingerprint density at radius 3 is 1.57 bits per heavy atom. The fourth-order valence-corrected chi connectivity index (χ4v) is 13.4. The van der Waals surface area contributed by atoms with Gasteiger partial charge in [0, 0.05) is 31.0 Å². The number of thiophene rings is 1. The summed E-state index contributed by atoms with van der Waals surface area (Å²) < 4.78 is 2.75. The van der Waals surface area contributed by atoms with E-state index in [1.807, 2.05) is 11.3 Å². The van der Waals surface area contributed by atoms with Crippen LogP contribution in [0.25, 0.3) is 119 Å². The molecule has 2 aliphatic rings.